The first kappa shape index (κ1) is 14.2. The second-order valence-corrected chi connectivity index (χ2v) is 5.69. The molecule has 1 saturated heterocycles. The Morgan fingerprint density at radius 1 is 1.38 bits per heavy atom. The summed E-state index contributed by atoms with van der Waals surface area (Å²) < 4.78 is 5.37. The second kappa shape index (κ2) is 6.37. The van der Waals surface area contributed by atoms with Gasteiger partial charge in [0.25, 0.3) is 5.89 Å². The highest BCUT2D eigenvalue weighted by molar-refractivity contribution is 5.53. The molecule has 5 nitrogen and oxygen atoms in total. The summed E-state index contributed by atoms with van der Waals surface area (Å²) in [5, 5.41) is 13.5. The predicted octanol–water partition coefficient (Wildman–Crippen LogP) is 2.39. The van der Waals surface area contributed by atoms with Crippen LogP contribution in [0, 0.1) is 6.92 Å². The first-order chi connectivity index (χ1) is 10.3. The van der Waals surface area contributed by atoms with E-state index in [1.807, 2.05) is 31.2 Å². The van der Waals surface area contributed by atoms with Gasteiger partial charge in [0.15, 0.2) is 5.82 Å². The average molecular weight is 287 g/mol. The van der Waals surface area contributed by atoms with E-state index in [2.05, 4.69) is 15.0 Å². The average Bonchev–Trinajstić information content (AvgIpc) is 2.96. The molecule has 2 aromatic rings. The van der Waals surface area contributed by atoms with Gasteiger partial charge in [0.1, 0.15) is 0 Å². The van der Waals surface area contributed by atoms with Crippen LogP contribution in [0.15, 0.2) is 28.8 Å². The third-order valence-electron chi connectivity index (χ3n) is 4.04. The van der Waals surface area contributed by atoms with E-state index >= 15 is 0 Å². The SMILES string of the molecule is Cc1cccc(-c2nc(CN3CCCCC3CO)no2)c1. The summed E-state index contributed by atoms with van der Waals surface area (Å²) in [5.74, 6) is 1.25. The van der Waals surface area contributed by atoms with Crippen molar-refractivity contribution in [2.24, 2.45) is 0 Å². The predicted molar refractivity (Wildman–Crippen MR) is 79.6 cm³/mol. The van der Waals surface area contributed by atoms with Gasteiger partial charge in [0.05, 0.1) is 13.2 Å². The van der Waals surface area contributed by atoms with E-state index in [1.165, 1.54) is 18.4 Å². The third kappa shape index (κ3) is 3.31. The van der Waals surface area contributed by atoms with Gasteiger partial charge >= 0.3 is 0 Å². The number of aryl methyl sites for hydroxylation is 1. The highest BCUT2D eigenvalue weighted by atomic mass is 16.5. The van der Waals surface area contributed by atoms with E-state index < -0.39 is 0 Å². The molecule has 0 spiro atoms. The number of aliphatic hydroxyl groups is 1. The Balaban J connectivity index is 1.73. The fourth-order valence-corrected chi connectivity index (χ4v) is 2.87. The molecule has 5 heteroatoms. The van der Waals surface area contributed by atoms with E-state index in [-0.39, 0.29) is 12.6 Å². The molecule has 1 aliphatic heterocycles. The molecule has 21 heavy (non-hydrogen) atoms. The molecule has 3 rings (SSSR count). The van der Waals surface area contributed by atoms with Crippen LogP contribution in [-0.4, -0.2) is 39.3 Å². The summed E-state index contributed by atoms with van der Waals surface area (Å²) in [6.07, 6.45) is 3.39. The summed E-state index contributed by atoms with van der Waals surface area (Å²) >= 11 is 0. The van der Waals surface area contributed by atoms with Crippen molar-refractivity contribution in [3.8, 4) is 11.5 Å². The largest absolute Gasteiger partial charge is 0.395 e. The topological polar surface area (TPSA) is 62.4 Å². The number of hydrogen-bond donors (Lipinski definition) is 1. The zero-order valence-corrected chi connectivity index (χ0v) is 12.3. The molecule has 0 radical (unpaired) electrons. The van der Waals surface area contributed by atoms with Crippen molar-refractivity contribution < 1.29 is 9.63 Å². The van der Waals surface area contributed by atoms with Crippen LogP contribution >= 0.6 is 0 Å². The standard InChI is InChI=1S/C16H21N3O2/c1-12-5-4-6-13(9-12)16-17-15(18-21-16)10-19-8-3-2-7-14(19)11-20/h4-6,9,14,20H,2-3,7-8,10-11H2,1H3. The molecule has 1 N–H and O–H groups in total. The molecule has 1 aliphatic rings. The molecule has 1 fully saturated rings. The molecule has 1 aromatic carbocycles. The van der Waals surface area contributed by atoms with Gasteiger partial charge < -0.3 is 9.63 Å². The maximum absolute atomic E-state index is 9.45. The van der Waals surface area contributed by atoms with Gasteiger partial charge in [-0.05, 0) is 38.4 Å². The highest BCUT2D eigenvalue weighted by Gasteiger charge is 2.23. The zero-order valence-electron chi connectivity index (χ0n) is 12.3. The smallest absolute Gasteiger partial charge is 0.257 e. The minimum absolute atomic E-state index is 0.197. The minimum Gasteiger partial charge on any atom is -0.395 e. The van der Waals surface area contributed by atoms with Gasteiger partial charge in [-0.2, -0.15) is 4.98 Å². The third-order valence-corrected chi connectivity index (χ3v) is 4.04. The molecule has 1 unspecified atom stereocenters. The number of hydrogen-bond acceptors (Lipinski definition) is 5. The molecule has 112 valence electrons. The summed E-state index contributed by atoms with van der Waals surface area (Å²) in [6.45, 7) is 3.86. The van der Waals surface area contributed by atoms with Gasteiger partial charge in [-0.3, -0.25) is 4.90 Å². The van der Waals surface area contributed by atoms with Crippen molar-refractivity contribution in [1.29, 1.82) is 0 Å². The fraction of sp³-hybridized carbons (Fsp3) is 0.500. The normalized spacial score (nSPS) is 19.8. The number of aromatic nitrogens is 2. The molecule has 1 atom stereocenters. The number of likely N-dealkylation sites (tertiary alicyclic amines) is 1. The molecule has 0 amide bonds. The number of piperidine rings is 1. The van der Waals surface area contributed by atoms with E-state index in [1.54, 1.807) is 0 Å². The highest BCUT2D eigenvalue weighted by Crippen LogP contribution is 2.21. The minimum atomic E-state index is 0.197. The number of rotatable bonds is 4. The Labute approximate surface area is 124 Å². The van der Waals surface area contributed by atoms with Crippen LogP contribution in [0.1, 0.15) is 30.7 Å². The van der Waals surface area contributed by atoms with Crippen LogP contribution in [0.4, 0.5) is 0 Å². The van der Waals surface area contributed by atoms with Gasteiger partial charge in [0.2, 0.25) is 0 Å². The fourth-order valence-electron chi connectivity index (χ4n) is 2.87. The Morgan fingerprint density at radius 3 is 3.10 bits per heavy atom. The molecule has 0 saturated carbocycles. The lowest BCUT2D eigenvalue weighted by Gasteiger charge is -2.33. The Morgan fingerprint density at radius 2 is 2.29 bits per heavy atom. The molecule has 1 aromatic heterocycles. The Kier molecular flexibility index (Phi) is 4.31. The van der Waals surface area contributed by atoms with Crippen molar-refractivity contribution in [2.45, 2.75) is 38.8 Å². The lowest BCUT2D eigenvalue weighted by Crippen LogP contribution is -2.41. The van der Waals surface area contributed by atoms with Gasteiger partial charge in [-0.25, -0.2) is 0 Å². The Bertz CT molecular complexity index is 597. The molecular formula is C16H21N3O2. The van der Waals surface area contributed by atoms with E-state index in [0.29, 0.717) is 18.3 Å². The van der Waals surface area contributed by atoms with Gasteiger partial charge in [0, 0.05) is 11.6 Å². The van der Waals surface area contributed by atoms with Crippen LogP contribution in [-0.2, 0) is 6.54 Å². The lowest BCUT2D eigenvalue weighted by molar-refractivity contribution is 0.0812. The number of nitrogens with zero attached hydrogens (tertiary/aromatic N) is 3. The molecule has 2 heterocycles. The molecule has 0 bridgehead atoms. The van der Waals surface area contributed by atoms with Crippen LogP contribution < -0.4 is 0 Å². The summed E-state index contributed by atoms with van der Waals surface area (Å²) in [6, 6.07) is 8.26. The van der Waals surface area contributed by atoms with Gasteiger partial charge in [-0.1, -0.05) is 29.3 Å². The second-order valence-electron chi connectivity index (χ2n) is 5.69. The molecule has 0 aliphatic carbocycles. The maximum atomic E-state index is 9.45. The summed E-state index contributed by atoms with van der Waals surface area (Å²) in [4.78, 5) is 6.73. The number of benzene rings is 1. The first-order valence-electron chi connectivity index (χ1n) is 7.51. The summed E-state index contributed by atoms with van der Waals surface area (Å²) in [7, 11) is 0. The van der Waals surface area contributed by atoms with Crippen molar-refractivity contribution in [1.82, 2.24) is 15.0 Å². The quantitative estimate of drug-likeness (QED) is 0.935. The zero-order chi connectivity index (χ0) is 14.7. The maximum Gasteiger partial charge on any atom is 0.257 e. The van der Waals surface area contributed by atoms with E-state index in [4.69, 9.17) is 4.52 Å². The van der Waals surface area contributed by atoms with Crippen LogP contribution in [0.3, 0.4) is 0 Å². The van der Waals surface area contributed by atoms with Crippen molar-refractivity contribution in [2.75, 3.05) is 13.2 Å². The van der Waals surface area contributed by atoms with Crippen molar-refractivity contribution in [3.05, 3.63) is 35.7 Å². The lowest BCUT2D eigenvalue weighted by atomic mass is 10.0. The van der Waals surface area contributed by atoms with E-state index in [9.17, 15) is 5.11 Å². The molecular weight excluding hydrogens is 266 g/mol. The van der Waals surface area contributed by atoms with Crippen LogP contribution in [0.2, 0.25) is 0 Å². The van der Waals surface area contributed by atoms with Crippen LogP contribution in [0.25, 0.3) is 11.5 Å². The Hall–Kier alpha value is -1.72. The van der Waals surface area contributed by atoms with Crippen molar-refractivity contribution in [3.63, 3.8) is 0 Å². The first-order valence-corrected chi connectivity index (χ1v) is 7.51. The number of aliphatic hydroxyl groups excluding tert-OH is 1. The van der Waals surface area contributed by atoms with Crippen LogP contribution in [0.5, 0.6) is 0 Å². The summed E-state index contributed by atoms with van der Waals surface area (Å²) in [5.41, 5.74) is 2.12. The van der Waals surface area contributed by atoms with Crippen molar-refractivity contribution >= 4 is 0 Å². The van der Waals surface area contributed by atoms with E-state index in [0.717, 1.165) is 18.5 Å². The monoisotopic (exact) mass is 287 g/mol. The van der Waals surface area contributed by atoms with Gasteiger partial charge in [-0.15, -0.1) is 0 Å².